The van der Waals surface area contributed by atoms with Crippen molar-refractivity contribution in [2.75, 3.05) is 11.9 Å². The van der Waals surface area contributed by atoms with Crippen LogP contribution < -0.4 is 15.8 Å². The first-order chi connectivity index (χ1) is 7.54. The second-order valence-corrected chi connectivity index (χ2v) is 4.21. The zero-order valence-corrected chi connectivity index (χ0v) is 9.89. The predicted octanol–water partition coefficient (Wildman–Crippen LogP) is 1.62. The molecule has 1 aliphatic heterocycles. The van der Waals surface area contributed by atoms with E-state index >= 15 is 0 Å². The molecular weight excluding hydrogens is 228 g/mol. The number of carbonyl (C=O) groups is 1. The van der Waals surface area contributed by atoms with Crippen LogP contribution in [0.25, 0.3) is 0 Å². The Kier molecular flexibility index (Phi) is 2.78. The van der Waals surface area contributed by atoms with Crippen molar-refractivity contribution < 1.29 is 9.53 Å². The van der Waals surface area contributed by atoms with Gasteiger partial charge >= 0.3 is 0 Å². The lowest BCUT2D eigenvalue weighted by Gasteiger charge is -2.27. The molecule has 1 aliphatic rings. The van der Waals surface area contributed by atoms with Crippen molar-refractivity contribution in [2.45, 2.75) is 20.0 Å². The number of nitrogens with one attached hydrogen (secondary N) is 1. The van der Waals surface area contributed by atoms with Crippen LogP contribution in [0.2, 0.25) is 5.02 Å². The second-order valence-electron chi connectivity index (χ2n) is 3.84. The molecule has 0 saturated heterocycles. The molecule has 0 radical (unpaired) electrons. The summed E-state index contributed by atoms with van der Waals surface area (Å²) in [7, 11) is 0. The van der Waals surface area contributed by atoms with Crippen molar-refractivity contribution in [3.8, 4) is 5.75 Å². The van der Waals surface area contributed by atoms with Crippen molar-refractivity contribution in [3.05, 3.63) is 22.2 Å². The summed E-state index contributed by atoms with van der Waals surface area (Å²) in [5.74, 6) is 0.410. The Morgan fingerprint density at radius 1 is 1.56 bits per heavy atom. The van der Waals surface area contributed by atoms with Crippen LogP contribution in [0.1, 0.15) is 11.1 Å². The lowest BCUT2D eigenvalue weighted by atomic mass is 10.1. The highest BCUT2D eigenvalue weighted by molar-refractivity contribution is 6.32. The molecule has 1 amide bonds. The molecule has 1 aromatic carbocycles. The number of halogens is 1. The minimum atomic E-state index is -0.618. The molecule has 3 N–H and O–H groups in total. The highest BCUT2D eigenvalue weighted by atomic mass is 35.5. The summed E-state index contributed by atoms with van der Waals surface area (Å²) >= 11 is 6.10. The van der Waals surface area contributed by atoms with Crippen LogP contribution in [-0.4, -0.2) is 18.6 Å². The third-order valence-corrected chi connectivity index (χ3v) is 3.25. The standard InChI is InChI=1S/C11H13ClN2O2/c1-5-3-7-10(6(2)9(5)12)14-11(15)8(4-13)16-7/h3,8H,4,13H2,1-2H3,(H,14,15). The maximum Gasteiger partial charge on any atom is 0.266 e. The van der Waals surface area contributed by atoms with Gasteiger partial charge in [-0.1, -0.05) is 11.6 Å². The molecule has 1 atom stereocenters. The molecule has 86 valence electrons. The Balaban J connectivity index is 2.51. The summed E-state index contributed by atoms with van der Waals surface area (Å²) < 4.78 is 5.51. The van der Waals surface area contributed by atoms with E-state index in [4.69, 9.17) is 22.1 Å². The van der Waals surface area contributed by atoms with Gasteiger partial charge < -0.3 is 15.8 Å². The van der Waals surface area contributed by atoms with E-state index in [1.807, 2.05) is 19.9 Å². The van der Waals surface area contributed by atoms with Crippen molar-refractivity contribution in [1.29, 1.82) is 0 Å². The summed E-state index contributed by atoms with van der Waals surface area (Å²) in [6.45, 7) is 3.90. The number of anilines is 1. The monoisotopic (exact) mass is 240 g/mol. The first-order valence-corrected chi connectivity index (χ1v) is 5.39. The van der Waals surface area contributed by atoms with Gasteiger partial charge in [0.15, 0.2) is 6.10 Å². The van der Waals surface area contributed by atoms with Gasteiger partial charge in [-0.3, -0.25) is 4.79 Å². The van der Waals surface area contributed by atoms with E-state index in [1.165, 1.54) is 0 Å². The van der Waals surface area contributed by atoms with E-state index in [1.54, 1.807) is 0 Å². The van der Waals surface area contributed by atoms with Gasteiger partial charge in [0.25, 0.3) is 5.91 Å². The van der Waals surface area contributed by atoms with Crippen LogP contribution in [-0.2, 0) is 4.79 Å². The molecule has 0 aliphatic carbocycles. The molecule has 0 spiro atoms. The van der Waals surface area contributed by atoms with Crippen molar-refractivity contribution in [2.24, 2.45) is 5.73 Å². The maximum absolute atomic E-state index is 11.6. The molecule has 4 nitrogen and oxygen atoms in total. The number of hydrogen-bond acceptors (Lipinski definition) is 3. The van der Waals surface area contributed by atoms with Crippen LogP contribution >= 0.6 is 11.6 Å². The van der Waals surface area contributed by atoms with E-state index in [-0.39, 0.29) is 12.5 Å². The van der Waals surface area contributed by atoms with Crippen LogP contribution in [0.3, 0.4) is 0 Å². The number of benzene rings is 1. The Hall–Kier alpha value is -1.26. The minimum absolute atomic E-state index is 0.159. The molecule has 0 saturated carbocycles. The Morgan fingerprint density at radius 2 is 2.25 bits per heavy atom. The summed E-state index contributed by atoms with van der Waals surface area (Å²) in [4.78, 5) is 11.6. The fraction of sp³-hybridized carbons (Fsp3) is 0.364. The Labute approximate surface area is 98.7 Å². The SMILES string of the molecule is Cc1cc2c(c(C)c1Cl)NC(=O)C(CN)O2. The summed E-state index contributed by atoms with van der Waals surface area (Å²) in [5.41, 5.74) is 7.83. The normalized spacial score (nSPS) is 18.8. The minimum Gasteiger partial charge on any atom is -0.477 e. The van der Waals surface area contributed by atoms with Crippen LogP contribution in [0.5, 0.6) is 5.75 Å². The van der Waals surface area contributed by atoms with E-state index < -0.39 is 6.10 Å². The molecule has 16 heavy (non-hydrogen) atoms. The Bertz CT molecular complexity index is 460. The number of fused-ring (bicyclic) bond motifs is 1. The number of hydrogen-bond donors (Lipinski definition) is 2. The number of ether oxygens (including phenoxy) is 1. The number of nitrogens with two attached hydrogens (primary N) is 1. The quantitative estimate of drug-likeness (QED) is 0.784. The molecule has 1 unspecified atom stereocenters. The van der Waals surface area contributed by atoms with Gasteiger partial charge in [0, 0.05) is 11.6 Å². The fourth-order valence-electron chi connectivity index (χ4n) is 1.74. The highest BCUT2D eigenvalue weighted by Crippen LogP contribution is 2.38. The van der Waals surface area contributed by atoms with Crippen LogP contribution in [0, 0.1) is 13.8 Å². The fourth-order valence-corrected chi connectivity index (χ4v) is 1.89. The average molecular weight is 241 g/mol. The van der Waals surface area contributed by atoms with Crippen molar-refractivity contribution in [1.82, 2.24) is 0 Å². The zero-order chi connectivity index (χ0) is 11.9. The molecule has 1 aromatic rings. The van der Waals surface area contributed by atoms with Gasteiger partial charge in [0.1, 0.15) is 5.75 Å². The van der Waals surface area contributed by atoms with Crippen LogP contribution in [0.15, 0.2) is 6.07 Å². The van der Waals surface area contributed by atoms with E-state index in [0.29, 0.717) is 16.5 Å². The van der Waals surface area contributed by atoms with Gasteiger partial charge in [0.2, 0.25) is 0 Å². The predicted molar refractivity (Wildman–Crippen MR) is 63.0 cm³/mol. The van der Waals surface area contributed by atoms with Gasteiger partial charge in [-0.25, -0.2) is 0 Å². The molecule has 0 bridgehead atoms. The summed E-state index contributed by atoms with van der Waals surface area (Å²) in [6, 6.07) is 1.81. The summed E-state index contributed by atoms with van der Waals surface area (Å²) in [6.07, 6.45) is -0.618. The molecule has 5 heteroatoms. The topological polar surface area (TPSA) is 64.4 Å². The summed E-state index contributed by atoms with van der Waals surface area (Å²) in [5, 5.41) is 3.42. The van der Waals surface area contributed by atoms with E-state index in [2.05, 4.69) is 5.32 Å². The number of amides is 1. The van der Waals surface area contributed by atoms with Crippen molar-refractivity contribution >= 4 is 23.2 Å². The van der Waals surface area contributed by atoms with E-state index in [0.717, 1.165) is 11.1 Å². The first-order valence-electron chi connectivity index (χ1n) is 5.02. The largest absolute Gasteiger partial charge is 0.477 e. The average Bonchev–Trinajstić information content (AvgIpc) is 2.27. The first kappa shape index (κ1) is 11.2. The van der Waals surface area contributed by atoms with Crippen LogP contribution in [0.4, 0.5) is 5.69 Å². The molecule has 1 heterocycles. The third kappa shape index (κ3) is 1.64. The van der Waals surface area contributed by atoms with Gasteiger partial charge in [-0.15, -0.1) is 0 Å². The lowest BCUT2D eigenvalue weighted by molar-refractivity contribution is -0.123. The molecule has 0 fully saturated rings. The highest BCUT2D eigenvalue weighted by Gasteiger charge is 2.28. The van der Waals surface area contributed by atoms with Gasteiger partial charge in [0.05, 0.1) is 5.69 Å². The lowest BCUT2D eigenvalue weighted by Crippen LogP contribution is -2.42. The molecular formula is C11H13ClN2O2. The molecule has 2 rings (SSSR count). The number of rotatable bonds is 1. The second kappa shape index (κ2) is 3.96. The van der Waals surface area contributed by atoms with Crippen molar-refractivity contribution in [3.63, 3.8) is 0 Å². The van der Waals surface area contributed by atoms with Gasteiger partial charge in [-0.05, 0) is 31.0 Å². The smallest absolute Gasteiger partial charge is 0.266 e. The zero-order valence-electron chi connectivity index (χ0n) is 9.13. The number of carbonyl (C=O) groups excluding carboxylic acids is 1. The van der Waals surface area contributed by atoms with E-state index in [9.17, 15) is 4.79 Å². The van der Waals surface area contributed by atoms with Gasteiger partial charge in [-0.2, -0.15) is 0 Å². The third-order valence-electron chi connectivity index (χ3n) is 2.67. The number of aryl methyl sites for hydroxylation is 1. The molecule has 0 aromatic heterocycles. The Morgan fingerprint density at radius 3 is 2.88 bits per heavy atom. The maximum atomic E-state index is 11.6.